The van der Waals surface area contributed by atoms with E-state index < -0.39 is 17.3 Å². The van der Waals surface area contributed by atoms with Crippen LogP contribution >= 0.6 is 11.8 Å². The molecule has 7 nitrogen and oxygen atoms in total. The molecule has 0 saturated carbocycles. The third-order valence-corrected chi connectivity index (χ3v) is 3.84. The first-order valence-corrected chi connectivity index (χ1v) is 7.19. The van der Waals surface area contributed by atoms with E-state index in [9.17, 15) is 4.79 Å². The minimum atomic E-state index is -0.467. The molecule has 1 amide bonds. The second-order valence-electron chi connectivity index (χ2n) is 4.43. The average molecular weight is 307 g/mol. The monoisotopic (exact) mass is 307 g/mol. The first-order chi connectivity index (χ1) is 10.1. The van der Waals surface area contributed by atoms with Crippen molar-refractivity contribution in [2.24, 2.45) is 5.73 Å². The number of aromatic nitrogens is 2. The van der Waals surface area contributed by atoms with Crippen LogP contribution < -0.4 is 15.2 Å². The van der Waals surface area contributed by atoms with Crippen LogP contribution in [0.15, 0.2) is 33.9 Å². The summed E-state index contributed by atoms with van der Waals surface area (Å²) >= 11 is 1.11. The number of nitrogens with zero attached hydrogens (tertiary/aromatic N) is 2. The molecular formula is C13H13N3O4S. The second-order valence-corrected chi connectivity index (χ2v) is 5.72. The topological polar surface area (TPSA) is 100 Å². The van der Waals surface area contributed by atoms with Gasteiger partial charge < -0.3 is 19.6 Å². The maximum absolute atomic E-state index is 11.0. The number of para-hydroxylation sites is 2. The Morgan fingerprint density at radius 2 is 2.14 bits per heavy atom. The normalized spacial score (nSPS) is 18.2. The zero-order valence-corrected chi connectivity index (χ0v) is 12.0. The van der Waals surface area contributed by atoms with E-state index in [1.54, 1.807) is 6.92 Å². The highest BCUT2D eigenvalue weighted by Crippen LogP contribution is 2.36. The molecule has 3 rings (SSSR count). The molecule has 0 spiro atoms. The van der Waals surface area contributed by atoms with Gasteiger partial charge in [-0.25, -0.2) is 0 Å². The van der Waals surface area contributed by atoms with Crippen LogP contribution in [0.25, 0.3) is 0 Å². The van der Waals surface area contributed by atoms with Gasteiger partial charge >= 0.3 is 0 Å². The first-order valence-electron chi connectivity index (χ1n) is 6.31. The lowest BCUT2D eigenvalue weighted by molar-refractivity contribution is -0.117. The quantitative estimate of drug-likeness (QED) is 0.855. The number of ether oxygens (including phenoxy) is 2. The van der Waals surface area contributed by atoms with Crippen molar-refractivity contribution in [1.29, 1.82) is 0 Å². The molecule has 2 aromatic rings. The maximum Gasteiger partial charge on any atom is 0.277 e. The highest BCUT2D eigenvalue weighted by atomic mass is 32.2. The van der Waals surface area contributed by atoms with Gasteiger partial charge in [0.15, 0.2) is 11.5 Å². The van der Waals surface area contributed by atoms with Crippen LogP contribution in [0, 0.1) is 0 Å². The summed E-state index contributed by atoms with van der Waals surface area (Å²) in [6.45, 7) is 1.96. The van der Waals surface area contributed by atoms with Crippen molar-refractivity contribution in [3.63, 3.8) is 0 Å². The summed E-state index contributed by atoms with van der Waals surface area (Å²) in [5.74, 6) is 1.19. The van der Waals surface area contributed by atoms with E-state index in [2.05, 4.69) is 10.2 Å². The first kappa shape index (κ1) is 13.7. The van der Waals surface area contributed by atoms with Gasteiger partial charge in [0.25, 0.3) is 11.1 Å². The standard InChI is InChI=1S/C13H13N3O4S/c1-7(11(14)17)21-13-16-15-12(20-13)10-6-18-8-4-2-3-5-9(8)19-10/h2-5,7,10H,6H2,1H3,(H2,14,17)/t7-,10+/m1/s1. The minimum Gasteiger partial charge on any atom is -0.485 e. The Hall–Kier alpha value is -2.22. The molecule has 0 saturated heterocycles. The number of primary amides is 1. The number of benzene rings is 1. The maximum atomic E-state index is 11.0. The third kappa shape index (κ3) is 2.94. The van der Waals surface area contributed by atoms with Crippen LogP contribution in [0.1, 0.15) is 18.9 Å². The van der Waals surface area contributed by atoms with Gasteiger partial charge in [-0.05, 0) is 19.1 Å². The van der Waals surface area contributed by atoms with Crippen LogP contribution in [0.5, 0.6) is 11.5 Å². The second kappa shape index (κ2) is 5.65. The lowest BCUT2D eigenvalue weighted by Crippen LogP contribution is -2.22. The number of rotatable bonds is 4. The van der Waals surface area contributed by atoms with Crippen molar-refractivity contribution in [2.75, 3.05) is 6.61 Å². The molecule has 0 unspecified atom stereocenters. The fourth-order valence-electron chi connectivity index (χ4n) is 1.75. The molecule has 1 aliphatic heterocycles. The van der Waals surface area contributed by atoms with E-state index >= 15 is 0 Å². The van der Waals surface area contributed by atoms with Crippen LogP contribution in [-0.4, -0.2) is 28.0 Å². The molecule has 1 aromatic heterocycles. The Morgan fingerprint density at radius 1 is 1.38 bits per heavy atom. The number of thioether (sulfide) groups is 1. The summed E-state index contributed by atoms with van der Waals surface area (Å²) in [7, 11) is 0. The summed E-state index contributed by atoms with van der Waals surface area (Å²) in [5, 5.41) is 7.64. The molecule has 2 atom stereocenters. The zero-order chi connectivity index (χ0) is 14.8. The Bertz CT molecular complexity index is 660. The summed E-state index contributed by atoms with van der Waals surface area (Å²) in [5.41, 5.74) is 5.19. The Balaban J connectivity index is 1.71. The molecule has 0 aliphatic carbocycles. The van der Waals surface area contributed by atoms with E-state index in [0.29, 0.717) is 17.4 Å². The molecule has 21 heavy (non-hydrogen) atoms. The molecule has 2 heterocycles. The zero-order valence-electron chi connectivity index (χ0n) is 11.2. The molecule has 0 fully saturated rings. The predicted octanol–water partition coefficient (Wildman–Crippen LogP) is 1.55. The van der Waals surface area contributed by atoms with Gasteiger partial charge in [0.2, 0.25) is 12.0 Å². The minimum absolute atomic E-state index is 0.277. The van der Waals surface area contributed by atoms with E-state index in [1.807, 2.05) is 24.3 Å². The largest absolute Gasteiger partial charge is 0.485 e. The van der Waals surface area contributed by atoms with E-state index in [-0.39, 0.29) is 11.8 Å². The van der Waals surface area contributed by atoms with Crippen molar-refractivity contribution in [3.05, 3.63) is 30.2 Å². The van der Waals surface area contributed by atoms with Crippen molar-refractivity contribution in [2.45, 2.75) is 23.5 Å². The smallest absolute Gasteiger partial charge is 0.277 e. The Kier molecular flexibility index (Phi) is 3.70. The van der Waals surface area contributed by atoms with Gasteiger partial charge in [0.1, 0.15) is 6.61 Å². The number of hydrogen-bond acceptors (Lipinski definition) is 7. The van der Waals surface area contributed by atoms with Gasteiger partial charge in [-0.2, -0.15) is 0 Å². The predicted molar refractivity (Wildman–Crippen MR) is 74.1 cm³/mol. The fraction of sp³-hybridized carbons (Fsp3) is 0.308. The molecule has 8 heteroatoms. The summed E-state index contributed by atoms with van der Waals surface area (Å²) in [6.07, 6.45) is -0.467. The van der Waals surface area contributed by atoms with E-state index in [0.717, 1.165) is 11.8 Å². The average Bonchev–Trinajstić information content (AvgIpc) is 2.95. The number of nitrogens with two attached hydrogens (primary N) is 1. The van der Waals surface area contributed by atoms with E-state index in [1.165, 1.54) is 0 Å². The van der Waals surface area contributed by atoms with Gasteiger partial charge in [-0.3, -0.25) is 4.79 Å². The molecule has 110 valence electrons. The summed E-state index contributed by atoms with van der Waals surface area (Å²) in [6, 6.07) is 7.36. The van der Waals surface area contributed by atoms with Gasteiger partial charge in [0.05, 0.1) is 5.25 Å². The van der Waals surface area contributed by atoms with Gasteiger partial charge in [-0.15, -0.1) is 10.2 Å². The lowest BCUT2D eigenvalue weighted by Gasteiger charge is -2.23. The van der Waals surface area contributed by atoms with Crippen molar-refractivity contribution in [1.82, 2.24) is 10.2 Å². The molecule has 0 radical (unpaired) electrons. The van der Waals surface area contributed by atoms with Crippen molar-refractivity contribution < 1.29 is 18.7 Å². The van der Waals surface area contributed by atoms with Crippen LogP contribution in [-0.2, 0) is 4.79 Å². The number of carbonyl (C=O) groups excluding carboxylic acids is 1. The number of hydrogen-bond donors (Lipinski definition) is 1. The van der Waals surface area contributed by atoms with Crippen molar-refractivity contribution >= 4 is 17.7 Å². The molecule has 1 aliphatic rings. The third-order valence-electron chi connectivity index (χ3n) is 2.88. The summed E-state index contributed by atoms with van der Waals surface area (Å²) in [4.78, 5) is 11.0. The lowest BCUT2D eigenvalue weighted by atomic mass is 10.2. The molecule has 1 aromatic carbocycles. The number of amides is 1. The van der Waals surface area contributed by atoms with E-state index in [4.69, 9.17) is 19.6 Å². The Morgan fingerprint density at radius 3 is 2.90 bits per heavy atom. The molecular weight excluding hydrogens is 294 g/mol. The highest BCUT2D eigenvalue weighted by Gasteiger charge is 2.27. The van der Waals surface area contributed by atoms with Gasteiger partial charge in [-0.1, -0.05) is 23.9 Å². The SMILES string of the molecule is C[C@@H](Sc1nnc([C@@H]2COc3ccccc3O2)o1)C(N)=O. The van der Waals surface area contributed by atoms with Crippen LogP contribution in [0.3, 0.4) is 0 Å². The Labute approximate surface area is 124 Å². The van der Waals surface area contributed by atoms with Gasteiger partial charge in [0, 0.05) is 0 Å². The van der Waals surface area contributed by atoms with Crippen molar-refractivity contribution in [3.8, 4) is 11.5 Å². The highest BCUT2D eigenvalue weighted by molar-refractivity contribution is 8.00. The molecule has 2 N–H and O–H groups in total. The fourth-order valence-corrected chi connectivity index (χ4v) is 2.39. The van der Waals surface area contributed by atoms with Crippen LogP contribution in [0.2, 0.25) is 0 Å². The summed E-state index contributed by atoms with van der Waals surface area (Å²) < 4.78 is 16.8. The number of carbonyl (C=O) groups is 1. The van der Waals surface area contributed by atoms with Crippen LogP contribution in [0.4, 0.5) is 0 Å². The number of fused-ring (bicyclic) bond motifs is 1. The molecule has 0 bridgehead atoms.